The summed E-state index contributed by atoms with van der Waals surface area (Å²) in [6.45, 7) is 1.79. The van der Waals surface area contributed by atoms with Crippen LogP contribution in [0.3, 0.4) is 0 Å². The SMILES string of the molecule is Nc1ncccc1[C@@H](N1CCNCC1)C(F)(F)F. The standard InChI is InChI=1S/C11H15F3N4/c12-11(13,14)9(18-6-4-16-5-7-18)8-2-1-3-17-10(8)15/h1-3,9,16H,4-7H2,(H2,15,17)/t9-/m1/s1. The van der Waals surface area contributed by atoms with Crippen LogP contribution >= 0.6 is 0 Å². The molecule has 4 nitrogen and oxygen atoms in total. The zero-order valence-electron chi connectivity index (χ0n) is 9.74. The molecule has 0 radical (unpaired) electrons. The first-order chi connectivity index (χ1) is 8.50. The number of halogens is 3. The van der Waals surface area contributed by atoms with Crippen molar-refractivity contribution in [2.24, 2.45) is 0 Å². The monoisotopic (exact) mass is 260 g/mol. The van der Waals surface area contributed by atoms with Crippen LogP contribution in [0.5, 0.6) is 0 Å². The van der Waals surface area contributed by atoms with Crippen molar-refractivity contribution >= 4 is 5.82 Å². The van der Waals surface area contributed by atoms with E-state index in [0.717, 1.165) is 0 Å². The van der Waals surface area contributed by atoms with E-state index in [1.807, 2.05) is 0 Å². The van der Waals surface area contributed by atoms with E-state index in [2.05, 4.69) is 10.3 Å². The van der Waals surface area contributed by atoms with Crippen LogP contribution < -0.4 is 11.1 Å². The fourth-order valence-corrected chi connectivity index (χ4v) is 2.18. The molecule has 7 heteroatoms. The van der Waals surface area contributed by atoms with Crippen LogP contribution in [-0.2, 0) is 0 Å². The summed E-state index contributed by atoms with van der Waals surface area (Å²) < 4.78 is 39.7. The first kappa shape index (κ1) is 13.1. The molecular weight excluding hydrogens is 245 g/mol. The molecule has 1 saturated heterocycles. The lowest BCUT2D eigenvalue weighted by atomic mass is 10.0. The third-order valence-corrected chi connectivity index (χ3v) is 2.99. The van der Waals surface area contributed by atoms with Gasteiger partial charge in [-0.25, -0.2) is 4.98 Å². The highest BCUT2D eigenvalue weighted by atomic mass is 19.4. The highest BCUT2D eigenvalue weighted by Gasteiger charge is 2.45. The second-order valence-corrected chi connectivity index (χ2v) is 4.21. The number of piperazine rings is 1. The Hall–Kier alpha value is -1.34. The summed E-state index contributed by atoms with van der Waals surface area (Å²) in [5, 5.41) is 3.03. The summed E-state index contributed by atoms with van der Waals surface area (Å²) >= 11 is 0. The van der Waals surface area contributed by atoms with Crippen molar-refractivity contribution in [3.63, 3.8) is 0 Å². The lowest BCUT2D eigenvalue weighted by Gasteiger charge is -2.36. The number of rotatable bonds is 2. The number of nitrogens with one attached hydrogen (secondary N) is 1. The number of nitrogen functional groups attached to an aromatic ring is 1. The summed E-state index contributed by atoms with van der Waals surface area (Å²) in [7, 11) is 0. The molecule has 2 rings (SSSR count). The number of hydrogen-bond acceptors (Lipinski definition) is 4. The van der Waals surface area contributed by atoms with E-state index >= 15 is 0 Å². The molecule has 0 amide bonds. The van der Waals surface area contributed by atoms with E-state index in [1.165, 1.54) is 23.2 Å². The average molecular weight is 260 g/mol. The van der Waals surface area contributed by atoms with Gasteiger partial charge in [-0.3, -0.25) is 4.90 Å². The van der Waals surface area contributed by atoms with Crippen molar-refractivity contribution in [1.82, 2.24) is 15.2 Å². The predicted molar refractivity (Wildman–Crippen MR) is 61.9 cm³/mol. The van der Waals surface area contributed by atoms with Gasteiger partial charge in [0.2, 0.25) is 0 Å². The molecule has 1 atom stereocenters. The smallest absolute Gasteiger partial charge is 0.383 e. The highest BCUT2D eigenvalue weighted by molar-refractivity contribution is 5.41. The molecule has 18 heavy (non-hydrogen) atoms. The molecule has 0 aliphatic carbocycles. The van der Waals surface area contributed by atoms with Crippen LogP contribution in [-0.4, -0.2) is 42.2 Å². The zero-order valence-corrected chi connectivity index (χ0v) is 9.74. The molecule has 2 heterocycles. The van der Waals surface area contributed by atoms with Gasteiger partial charge in [0.25, 0.3) is 0 Å². The Morgan fingerprint density at radius 3 is 2.56 bits per heavy atom. The topological polar surface area (TPSA) is 54.2 Å². The minimum atomic E-state index is -4.35. The van der Waals surface area contributed by atoms with Gasteiger partial charge in [-0.2, -0.15) is 13.2 Å². The maximum atomic E-state index is 13.2. The number of aromatic nitrogens is 1. The highest BCUT2D eigenvalue weighted by Crippen LogP contribution is 2.39. The van der Waals surface area contributed by atoms with Crippen molar-refractivity contribution in [1.29, 1.82) is 0 Å². The number of alkyl halides is 3. The Kier molecular flexibility index (Phi) is 3.72. The number of hydrogen-bond donors (Lipinski definition) is 2. The number of pyridine rings is 1. The summed E-state index contributed by atoms with van der Waals surface area (Å²) in [6, 6.07) is 1.20. The molecule has 0 saturated carbocycles. The number of nitrogens with zero attached hydrogens (tertiary/aromatic N) is 2. The van der Waals surface area contributed by atoms with Crippen molar-refractivity contribution < 1.29 is 13.2 Å². The summed E-state index contributed by atoms with van der Waals surface area (Å²) in [4.78, 5) is 5.14. The van der Waals surface area contributed by atoms with Crippen molar-refractivity contribution in [3.8, 4) is 0 Å². The molecule has 1 aliphatic rings. The predicted octanol–water partition coefficient (Wildman–Crippen LogP) is 1.17. The quantitative estimate of drug-likeness (QED) is 0.838. The van der Waals surface area contributed by atoms with Crippen molar-refractivity contribution in [2.45, 2.75) is 12.2 Å². The Balaban J connectivity index is 2.34. The van der Waals surface area contributed by atoms with Gasteiger partial charge in [0.1, 0.15) is 11.9 Å². The Bertz CT molecular complexity index is 402. The van der Waals surface area contributed by atoms with Crippen LogP contribution in [0, 0.1) is 0 Å². The van der Waals surface area contributed by atoms with Gasteiger partial charge >= 0.3 is 6.18 Å². The largest absolute Gasteiger partial charge is 0.408 e. The van der Waals surface area contributed by atoms with Gasteiger partial charge in [-0.15, -0.1) is 0 Å². The average Bonchev–Trinajstić information content (AvgIpc) is 2.32. The zero-order chi connectivity index (χ0) is 13.2. The molecular formula is C11H15F3N4. The van der Waals surface area contributed by atoms with Gasteiger partial charge in [0.05, 0.1) is 0 Å². The van der Waals surface area contributed by atoms with Crippen LogP contribution in [0.2, 0.25) is 0 Å². The van der Waals surface area contributed by atoms with E-state index < -0.39 is 12.2 Å². The first-order valence-electron chi connectivity index (χ1n) is 5.72. The maximum Gasteiger partial charge on any atom is 0.408 e. The van der Waals surface area contributed by atoms with Gasteiger partial charge in [-0.1, -0.05) is 6.07 Å². The molecule has 1 fully saturated rings. The molecule has 3 N–H and O–H groups in total. The van der Waals surface area contributed by atoms with Crippen LogP contribution in [0.25, 0.3) is 0 Å². The number of nitrogens with two attached hydrogens (primary N) is 1. The fourth-order valence-electron chi connectivity index (χ4n) is 2.18. The fraction of sp³-hybridized carbons (Fsp3) is 0.545. The van der Waals surface area contributed by atoms with E-state index in [0.29, 0.717) is 26.2 Å². The lowest BCUT2D eigenvalue weighted by molar-refractivity contribution is -0.187. The van der Waals surface area contributed by atoms with Gasteiger partial charge in [-0.05, 0) is 6.07 Å². The molecule has 1 aromatic heterocycles. The van der Waals surface area contributed by atoms with Crippen LogP contribution in [0.4, 0.5) is 19.0 Å². The lowest BCUT2D eigenvalue weighted by Crippen LogP contribution is -2.49. The van der Waals surface area contributed by atoms with Gasteiger partial charge in [0, 0.05) is 37.9 Å². The minimum Gasteiger partial charge on any atom is -0.383 e. The summed E-state index contributed by atoms with van der Waals surface area (Å²) in [5.41, 5.74) is 5.61. The third-order valence-electron chi connectivity index (χ3n) is 2.99. The number of anilines is 1. The second-order valence-electron chi connectivity index (χ2n) is 4.21. The van der Waals surface area contributed by atoms with Gasteiger partial charge < -0.3 is 11.1 Å². The normalized spacial score (nSPS) is 19.7. The van der Waals surface area contributed by atoms with E-state index in [4.69, 9.17) is 5.73 Å². The first-order valence-corrected chi connectivity index (χ1v) is 5.72. The maximum absolute atomic E-state index is 13.2. The molecule has 0 spiro atoms. The van der Waals surface area contributed by atoms with E-state index in [1.54, 1.807) is 0 Å². The van der Waals surface area contributed by atoms with Gasteiger partial charge in [0.15, 0.2) is 0 Å². The molecule has 0 aromatic carbocycles. The third kappa shape index (κ3) is 2.73. The van der Waals surface area contributed by atoms with Crippen molar-refractivity contribution in [2.75, 3.05) is 31.9 Å². The van der Waals surface area contributed by atoms with E-state index in [-0.39, 0.29) is 11.4 Å². The summed E-state index contributed by atoms with van der Waals surface area (Å²) in [6.07, 6.45) is -2.96. The van der Waals surface area contributed by atoms with Crippen LogP contribution in [0.1, 0.15) is 11.6 Å². The molecule has 0 unspecified atom stereocenters. The molecule has 0 bridgehead atoms. The Labute approximate surface area is 103 Å². The minimum absolute atomic E-state index is 0.0342. The molecule has 1 aromatic rings. The van der Waals surface area contributed by atoms with Crippen molar-refractivity contribution in [3.05, 3.63) is 23.9 Å². The van der Waals surface area contributed by atoms with Crippen LogP contribution in [0.15, 0.2) is 18.3 Å². The second kappa shape index (κ2) is 5.11. The summed E-state index contributed by atoms with van der Waals surface area (Å²) in [5.74, 6) is -0.0571. The molecule has 1 aliphatic heterocycles. The Morgan fingerprint density at radius 1 is 1.33 bits per heavy atom. The Morgan fingerprint density at radius 2 is 2.00 bits per heavy atom. The van der Waals surface area contributed by atoms with E-state index in [9.17, 15) is 13.2 Å². The molecule has 100 valence electrons.